The van der Waals surface area contributed by atoms with Crippen LogP contribution in [0, 0.1) is 18.8 Å². The molecule has 0 saturated carbocycles. The monoisotopic (exact) mass is 574 g/mol. The molecule has 10 nitrogen and oxygen atoms in total. The maximum absolute atomic E-state index is 14.2. The summed E-state index contributed by atoms with van der Waals surface area (Å²) in [6.45, 7) is 4.34. The van der Waals surface area contributed by atoms with Gasteiger partial charge >= 0.3 is 0 Å². The molecule has 3 aromatic heterocycles. The van der Waals surface area contributed by atoms with E-state index in [0.29, 0.717) is 57.6 Å². The summed E-state index contributed by atoms with van der Waals surface area (Å²) in [6.07, 6.45) is 4.51. The van der Waals surface area contributed by atoms with Crippen LogP contribution in [-0.2, 0) is 9.53 Å². The first-order chi connectivity index (χ1) is 20.9. The maximum Gasteiger partial charge on any atom is 0.264 e. The van der Waals surface area contributed by atoms with E-state index in [1.807, 2.05) is 55.5 Å². The normalized spacial score (nSPS) is 15.2. The zero-order valence-electron chi connectivity index (χ0n) is 23.8. The second-order valence-corrected chi connectivity index (χ2v) is 10.4. The van der Waals surface area contributed by atoms with Gasteiger partial charge in [-0.2, -0.15) is 5.10 Å². The molecular formula is C33H30N6O4. The number of aromatic nitrogens is 4. The number of hydrogen-bond donors (Lipinski definition) is 2. The molecule has 5 aromatic rings. The first-order valence-electron chi connectivity index (χ1n) is 14.2. The number of carbonyl (C=O) groups is 2. The van der Waals surface area contributed by atoms with Gasteiger partial charge in [0.1, 0.15) is 11.7 Å². The van der Waals surface area contributed by atoms with Gasteiger partial charge in [0.25, 0.3) is 11.5 Å². The van der Waals surface area contributed by atoms with Crippen LogP contribution in [0.15, 0.2) is 77.9 Å². The number of rotatable bonds is 6. The summed E-state index contributed by atoms with van der Waals surface area (Å²) >= 11 is 0. The Morgan fingerprint density at radius 1 is 1.14 bits per heavy atom. The number of carbonyl (C=O) groups excluding carboxylic acids is 2. The molecule has 1 aliphatic heterocycles. The zero-order valence-corrected chi connectivity index (χ0v) is 23.8. The topological polar surface area (TPSA) is 120 Å². The molecule has 0 spiro atoms. The molecule has 6 rings (SSSR count). The molecule has 1 fully saturated rings. The molecule has 2 atom stereocenters. The average molecular weight is 575 g/mol. The van der Waals surface area contributed by atoms with Crippen molar-refractivity contribution in [2.24, 2.45) is 0 Å². The summed E-state index contributed by atoms with van der Waals surface area (Å²) in [5.41, 5.74) is 2.94. The molecule has 4 heterocycles. The highest BCUT2D eigenvalue weighted by molar-refractivity contribution is 6.01. The van der Waals surface area contributed by atoms with Gasteiger partial charge in [0.2, 0.25) is 5.91 Å². The lowest BCUT2D eigenvalue weighted by molar-refractivity contribution is -0.129. The number of para-hydroxylation sites is 1. The lowest BCUT2D eigenvalue weighted by Gasteiger charge is -2.21. The summed E-state index contributed by atoms with van der Waals surface area (Å²) in [4.78, 5) is 44.3. The lowest BCUT2D eigenvalue weighted by Crippen LogP contribution is -2.34. The highest BCUT2D eigenvalue weighted by Gasteiger charge is 2.24. The number of hydrogen-bond acceptors (Lipinski definition) is 6. The quantitative estimate of drug-likeness (QED) is 0.300. The molecule has 2 amide bonds. The SMILES string of the molecule is Cc1nn2cccnc2c1C(=O)N[C@@H](C)c1cc2cccc(C#CCNC(=O)[C@@H]3CCCO3)c2c(=O)n1-c1ccccc1. The molecule has 2 N–H and O–H groups in total. The van der Waals surface area contributed by atoms with E-state index in [2.05, 4.69) is 32.6 Å². The predicted octanol–water partition coefficient (Wildman–Crippen LogP) is 3.48. The van der Waals surface area contributed by atoms with E-state index in [-0.39, 0.29) is 23.9 Å². The van der Waals surface area contributed by atoms with E-state index >= 15 is 0 Å². The molecule has 43 heavy (non-hydrogen) atoms. The maximum atomic E-state index is 14.2. The predicted molar refractivity (Wildman–Crippen MR) is 162 cm³/mol. The highest BCUT2D eigenvalue weighted by Crippen LogP contribution is 2.24. The molecule has 0 radical (unpaired) electrons. The second-order valence-electron chi connectivity index (χ2n) is 10.4. The van der Waals surface area contributed by atoms with Crippen molar-refractivity contribution in [3.8, 4) is 17.5 Å². The molecule has 216 valence electrons. The number of amides is 2. The van der Waals surface area contributed by atoms with E-state index < -0.39 is 12.1 Å². The van der Waals surface area contributed by atoms with Gasteiger partial charge in [0.15, 0.2) is 5.65 Å². The number of benzene rings is 2. The number of fused-ring (bicyclic) bond motifs is 2. The molecule has 0 aliphatic carbocycles. The van der Waals surface area contributed by atoms with Crippen LogP contribution in [0.3, 0.4) is 0 Å². The fraction of sp³-hybridized carbons (Fsp3) is 0.242. The van der Waals surface area contributed by atoms with Crippen molar-refractivity contribution in [1.29, 1.82) is 0 Å². The fourth-order valence-corrected chi connectivity index (χ4v) is 5.42. The van der Waals surface area contributed by atoms with Crippen molar-refractivity contribution in [3.63, 3.8) is 0 Å². The Kier molecular flexibility index (Phi) is 7.73. The van der Waals surface area contributed by atoms with E-state index in [1.54, 1.807) is 40.5 Å². The minimum Gasteiger partial charge on any atom is -0.368 e. The summed E-state index contributed by atoms with van der Waals surface area (Å²) in [5.74, 6) is 5.54. The van der Waals surface area contributed by atoms with Crippen molar-refractivity contribution in [2.75, 3.05) is 13.2 Å². The van der Waals surface area contributed by atoms with Crippen molar-refractivity contribution in [3.05, 3.63) is 106 Å². The third-order valence-corrected chi connectivity index (χ3v) is 7.47. The van der Waals surface area contributed by atoms with Crippen LogP contribution in [0.5, 0.6) is 0 Å². The van der Waals surface area contributed by atoms with Gasteiger partial charge in [-0.05, 0) is 62.4 Å². The third-order valence-electron chi connectivity index (χ3n) is 7.47. The van der Waals surface area contributed by atoms with Crippen molar-refractivity contribution < 1.29 is 14.3 Å². The van der Waals surface area contributed by atoms with Crippen LogP contribution in [0.1, 0.15) is 53.1 Å². The van der Waals surface area contributed by atoms with E-state index in [1.165, 1.54) is 0 Å². The van der Waals surface area contributed by atoms with E-state index in [4.69, 9.17) is 4.74 Å². The van der Waals surface area contributed by atoms with Crippen LogP contribution in [0.25, 0.3) is 22.1 Å². The van der Waals surface area contributed by atoms with Crippen LogP contribution in [0.4, 0.5) is 0 Å². The minimum atomic E-state index is -0.550. The van der Waals surface area contributed by atoms with E-state index in [9.17, 15) is 14.4 Å². The lowest BCUT2D eigenvalue weighted by atomic mass is 10.0. The van der Waals surface area contributed by atoms with Gasteiger partial charge in [-0.3, -0.25) is 19.0 Å². The smallest absolute Gasteiger partial charge is 0.264 e. The van der Waals surface area contributed by atoms with Crippen LogP contribution in [-0.4, -0.2) is 50.2 Å². The Balaban J connectivity index is 1.36. The largest absolute Gasteiger partial charge is 0.368 e. The molecule has 1 saturated heterocycles. The molecule has 10 heteroatoms. The van der Waals surface area contributed by atoms with E-state index in [0.717, 1.165) is 6.42 Å². The van der Waals surface area contributed by atoms with Crippen LogP contribution < -0.4 is 16.2 Å². The van der Waals surface area contributed by atoms with Crippen molar-refractivity contribution in [1.82, 2.24) is 29.8 Å². The highest BCUT2D eigenvalue weighted by atomic mass is 16.5. The number of pyridine rings is 1. The number of nitrogens with one attached hydrogen (secondary N) is 2. The Morgan fingerprint density at radius 2 is 1.98 bits per heavy atom. The second kappa shape index (κ2) is 11.9. The van der Waals surface area contributed by atoms with Gasteiger partial charge in [0.05, 0.1) is 23.7 Å². The molecule has 0 bridgehead atoms. The standard InChI is InChI=1S/C33H30N6O4/c1-21(36-32(41)28-22(2)37-38-18-9-17-34-30(28)38)26-20-24-11-6-10-23(12-7-16-35-31(40)27-15-8-19-43-27)29(24)33(42)39(26)25-13-4-3-5-14-25/h3-6,9-11,13-14,17-18,20-21,27H,8,15-16,19H2,1-2H3,(H,35,40)(H,36,41)/t21-,27-/m0/s1. The van der Waals surface area contributed by atoms with Gasteiger partial charge < -0.3 is 15.4 Å². The first kappa shape index (κ1) is 27.9. The molecule has 0 unspecified atom stereocenters. The Morgan fingerprint density at radius 3 is 2.77 bits per heavy atom. The van der Waals surface area contributed by atoms with Crippen molar-refractivity contribution in [2.45, 2.75) is 38.8 Å². The molecule has 2 aromatic carbocycles. The summed E-state index contributed by atoms with van der Waals surface area (Å²) < 4.78 is 8.60. The van der Waals surface area contributed by atoms with Crippen LogP contribution >= 0.6 is 0 Å². The fourth-order valence-electron chi connectivity index (χ4n) is 5.42. The summed E-state index contributed by atoms with van der Waals surface area (Å²) in [7, 11) is 0. The molecule has 1 aliphatic rings. The van der Waals surface area contributed by atoms with Gasteiger partial charge in [-0.25, -0.2) is 9.50 Å². The Bertz CT molecular complexity index is 1960. The molecular weight excluding hydrogens is 544 g/mol. The van der Waals surface area contributed by atoms with Gasteiger partial charge in [-0.15, -0.1) is 0 Å². The number of aryl methyl sites for hydroxylation is 1. The van der Waals surface area contributed by atoms with Crippen LogP contribution in [0.2, 0.25) is 0 Å². The van der Waals surface area contributed by atoms with Gasteiger partial charge in [-0.1, -0.05) is 42.2 Å². The zero-order chi connectivity index (χ0) is 29.9. The summed E-state index contributed by atoms with van der Waals surface area (Å²) in [5, 5.41) is 11.4. The third kappa shape index (κ3) is 5.50. The average Bonchev–Trinajstić information content (AvgIpc) is 3.67. The first-order valence-corrected chi connectivity index (χ1v) is 14.2. The van der Waals surface area contributed by atoms with Gasteiger partial charge in [0, 0.05) is 35.9 Å². The van der Waals surface area contributed by atoms with Crippen molar-refractivity contribution >= 4 is 28.2 Å². The number of ether oxygens (including phenoxy) is 1. The minimum absolute atomic E-state index is 0.140. The Hall–Kier alpha value is -5.27. The summed E-state index contributed by atoms with van der Waals surface area (Å²) in [6, 6.07) is 17.9. The Labute approximate surface area is 247 Å². The number of nitrogens with zero attached hydrogens (tertiary/aromatic N) is 4.